The quantitative estimate of drug-likeness (QED) is 0.191. The molecule has 0 fully saturated rings. The smallest absolute Gasteiger partial charge is 0.312 e. The zero-order valence-electron chi connectivity index (χ0n) is 16.6. The topological polar surface area (TPSA) is 58.6 Å². The summed E-state index contributed by atoms with van der Waals surface area (Å²) in [4.78, 5) is 9.26. The maximum Gasteiger partial charge on any atom is 0.694 e. The molecule has 0 heterocycles. The van der Waals surface area contributed by atoms with Crippen LogP contribution in [0, 0.1) is 11.6 Å². The van der Waals surface area contributed by atoms with E-state index in [0.717, 1.165) is 41.9 Å². The number of nitrogens with one attached hydrogen (secondary N) is 1. The summed E-state index contributed by atoms with van der Waals surface area (Å²) >= 11 is 7.85. The fraction of sp³-hybridized carbons (Fsp3) is 0.429. The summed E-state index contributed by atoms with van der Waals surface area (Å²) in [7, 11) is -2.57. The number of hydrogen-bond acceptors (Lipinski definition) is 4. The Morgan fingerprint density at radius 2 is 1.87 bits per heavy atom. The third-order valence-corrected chi connectivity index (χ3v) is 6.37. The van der Waals surface area contributed by atoms with Crippen molar-refractivity contribution in [3.8, 4) is 0 Å². The highest BCUT2D eigenvalue weighted by Gasteiger charge is 2.11. The molecule has 1 atom stereocenters. The number of hydrogen-bond donors (Lipinski definition) is 2. The molecule has 0 radical (unpaired) electrons. The van der Waals surface area contributed by atoms with Crippen LogP contribution in [0.1, 0.15) is 36.8 Å². The minimum absolute atomic E-state index is 0.168. The molecule has 0 amide bonds. The highest BCUT2D eigenvalue weighted by atomic mass is 35.5. The monoisotopic (exact) mass is 476 g/mol. The molecule has 2 aromatic carbocycles. The van der Waals surface area contributed by atoms with Gasteiger partial charge in [0.05, 0.1) is 5.02 Å². The molecule has 2 N–H and O–H groups in total. The van der Waals surface area contributed by atoms with Gasteiger partial charge < -0.3 is 5.32 Å². The molecule has 164 valence electrons. The second-order valence-electron chi connectivity index (χ2n) is 6.76. The van der Waals surface area contributed by atoms with E-state index < -0.39 is 8.25 Å². The lowest BCUT2D eigenvalue weighted by molar-refractivity contribution is 0.276. The van der Waals surface area contributed by atoms with Crippen molar-refractivity contribution >= 4 is 31.6 Å². The van der Waals surface area contributed by atoms with Gasteiger partial charge in [-0.1, -0.05) is 30.2 Å². The van der Waals surface area contributed by atoms with Crippen LogP contribution in [-0.4, -0.2) is 23.8 Å². The first-order valence-electron chi connectivity index (χ1n) is 9.80. The molecular formula is C21H26ClF2NO3PS+. The molecule has 0 saturated heterocycles. The first-order chi connectivity index (χ1) is 14.5. The molecule has 2 aromatic rings. The van der Waals surface area contributed by atoms with E-state index in [1.165, 1.54) is 18.2 Å². The molecule has 0 aliphatic carbocycles. The van der Waals surface area contributed by atoms with Crippen molar-refractivity contribution in [1.29, 1.82) is 0 Å². The van der Waals surface area contributed by atoms with Gasteiger partial charge in [0.2, 0.25) is 0 Å². The number of unbranched alkanes of at least 4 members (excludes halogenated alkanes) is 2. The summed E-state index contributed by atoms with van der Waals surface area (Å²) in [5.41, 5.74) is 1.62. The molecule has 0 saturated carbocycles. The Morgan fingerprint density at radius 1 is 1.10 bits per heavy atom. The van der Waals surface area contributed by atoms with Gasteiger partial charge in [0.1, 0.15) is 18.2 Å². The summed E-state index contributed by atoms with van der Waals surface area (Å²) in [6.07, 6.45) is 4.53. The summed E-state index contributed by atoms with van der Waals surface area (Å²) in [6.45, 7) is 1.03. The highest BCUT2D eigenvalue weighted by Crippen LogP contribution is 2.30. The van der Waals surface area contributed by atoms with Crippen molar-refractivity contribution in [3.63, 3.8) is 0 Å². The van der Waals surface area contributed by atoms with Gasteiger partial charge in [-0.3, -0.25) is 0 Å². The molecule has 0 aromatic heterocycles. The van der Waals surface area contributed by atoms with E-state index in [4.69, 9.17) is 16.5 Å². The summed E-state index contributed by atoms with van der Waals surface area (Å²) in [6, 6.07) is 9.71. The standard InChI is InChI=1S/C21H25ClF2NO3PS/c22-19-13-17(15-25-10-4-11-28-29(26)27)20(24)14-21(19)30-12-3-1-2-5-16-6-8-18(23)9-7-16/h6-9,13-14,25H,1-5,10-12,15H2/p+1. The minimum atomic E-state index is -2.57. The summed E-state index contributed by atoms with van der Waals surface area (Å²) < 4.78 is 42.2. The molecule has 0 aliphatic heterocycles. The Kier molecular flexibility index (Phi) is 11.8. The summed E-state index contributed by atoms with van der Waals surface area (Å²) in [5, 5.41) is 3.60. The summed E-state index contributed by atoms with van der Waals surface area (Å²) in [5.74, 6) is 0.334. The van der Waals surface area contributed by atoms with E-state index in [2.05, 4.69) is 9.84 Å². The van der Waals surface area contributed by atoms with Crippen LogP contribution in [0.3, 0.4) is 0 Å². The Morgan fingerprint density at radius 3 is 2.60 bits per heavy atom. The van der Waals surface area contributed by atoms with Gasteiger partial charge in [0, 0.05) is 21.6 Å². The molecule has 9 heteroatoms. The second-order valence-corrected chi connectivity index (χ2v) is 9.04. The van der Waals surface area contributed by atoms with Gasteiger partial charge in [-0.2, -0.15) is 0 Å². The Labute approximate surface area is 186 Å². The molecule has 0 spiro atoms. The van der Waals surface area contributed by atoms with Crippen LogP contribution in [0.15, 0.2) is 41.3 Å². The van der Waals surface area contributed by atoms with Crippen molar-refractivity contribution < 1.29 is 22.8 Å². The van der Waals surface area contributed by atoms with E-state index in [1.54, 1.807) is 17.8 Å². The number of aryl methyl sites for hydroxylation is 1. The normalized spacial score (nSPS) is 11.7. The van der Waals surface area contributed by atoms with Crippen molar-refractivity contribution in [1.82, 2.24) is 5.32 Å². The highest BCUT2D eigenvalue weighted by molar-refractivity contribution is 7.99. The predicted octanol–water partition coefficient (Wildman–Crippen LogP) is 6.27. The lowest BCUT2D eigenvalue weighted by atomic mass is 10.1. The fourth-order valence-electron chi connectivity index (χ4n) is 2.82. The Balaban J connectivity index is 1.65. The number of rotatable bonds is 14. The number of thioether (sulfide) groups is 1. The zero-order valence-corrected chi connectivity index (χ0v) is 19.0. The van der Waals surface area contributed by atoms with E-state index in [1.807, 2.05) is 12.1 Å². The lowest BCUT2D eigenvalue weighted by Gasteiger charge is -2.10. The van der Waals surface area contributed by atoms with Crippen LogP contribution in [0.25, 0.3) is 0 Å². The van der Waals surface area contributed by atoms with Gasteiger partial charge in [0.15, 0.2) is 0 Å². The molecular weight excluding hydrogens is 451 g/mol. The van der Waals surface area contributed by atoms with Crippen LogP contribution >= 0.6 is 31.6 Å². The number of halogens is 3. The molecule has 0 bridgehead atoms. The molecule has 30 heavy (non-hydrogen) atoms. The lowest BCUT2D eigenvalue weighted by Crippen LogP contribution is -2.16. The van der Waals surface area contributed by atoms with E-state index in [9.17, 15) is 13.3 Å². The van der Waals surface area contributed by atoms with Crippen molar-refractivity contribution in [3.05, 3.63) is 64.2 Å². The molecule has 1 unspecified atom stereocenters. The second kappa shape index (κ2) is 14.1. The molecule has 2 rings (SSSR count). The third-order valence-electron chi connectivity index (χ3n) is 4.40. The van der Waals surface area contributed by atoms with Crippen LogP contribution in [-0.2, 0) is 22.1 Å². The maximum absolute atomic E-state index is 14.3. The largest absolute Gasteiger partial charge is 0.694 e. The van der Waals surface area contributed by atoms with Crippen LogP contribution in [0.4, 0.5) is 8.78 Å². The molecule has 4 nitrogen and oxygen atoms in total. The predicted molar refractivity (Wildman–Crippen MR) is 118 cm³/mol. The van der Waals surface area contributed by atoms with Gasteiger partial charge >= 0.3 is 8.25 Å². The SMILES string of the molecule is O=[P+](O)OCCCNCc1cc(Cl)c(SCCCCCc2ccc(F)cc2)cc1F. The Bertz CT molecular complexity index is 812. The zero-order chi connectivity index (χ0) is 21.8. The van der Waals surface area contributed by atoms with Gasteiger partial charge in [0.25, 0.3) is 0 Å². The van der Waals surface area contributed by atoms with Crippen molar-refractivity contribution in [2.24, 2.45) is 0 Å². The average molecular weight is 477 g/mol. The first-order valence-corrected chi connectivity index (χ1v) is 12.3. The third kappa shape index (κ3) is 9.82. The Hall–Kier alpha value is -1.08. The van der Waals surface area contributed by atoms with Crippen molar-refractivity contribution in [2.45, 2.75) is 43.5 Å². The van der Waals surface area contributed by atoms with E-state index in [-0.39, 0.29) is 18.2 Å². The van der Waals surface area contributed by atoms with E-state index >= 15 is 0 Å². The van der Waals surface area contributed by atoms with Crippen LogP contribution < -0.4 is 5.32 Å². The number of benzene rings is 2. The van der Waals surface area contributed by atoms with Gasteiger partial charge in [-0.25, -0.2) is 8.78 Å². The average Bonchev–Trinajstić information content (AvgIpc) is 2.71. The van der Waals surface area contributed by atoms with Crippen LogP contribution in [0.5, 0.6) is 0 Å². The van der Waals surface area contributed by atoms with Gasteiger partial charge in [-0.05, 0) is 67.8 Å². The fourth-order valence-corrected chi connectivity index (χ4v) is 4.41. The van der Waals surface area contributed by atoms with E-state index in [0.29, 0.717) is 30.1 Å². The van der Waals surface area contributed by atoms with Crippen LogP contribution in [0.2, 0.25) is 5.02 Å². The molecule has 0 aliphatic rings. The first kappa shape index (κ1) is 25.2. The minimum Gasteiger partial charge on any atom is -0.312 e. The maximum atomic E-state index is 14.3. The van der Waals surface area contributed by atoms with Gasteiger partial charge in [-0.15, -0.1) is 21.2 Å². The van der Waals surface area contributed by atoms with Crippen molar-refractivity contribution in [2.75, 3.05) is 18.9 Å².